The largest absolute Gasteiger partial charge is 0.494 e. The van der Waals surface area contributed by atoms with Crippen LogP contribution in [0.1, 0.15) is 51.0 Å². The Morgan fingerprint density at radius 2 is 1.54 bits per heavy atom. The van der Waals surface area contributed by atoms with E-state index in [0.29, 0.717) is 24.5 Å². The van der Waals surface area contributed by atoms with Crippen LogP contribution in [0.25, 0.3) is 0 Å². The number of rotatable bonds is 13. The summed E-state index contributed by atoms with van der Waals surface area (Å²) < 4.78 is 25.9. The molecular weight excluding hydrogens is 570 g/mol. The normalized spacial score (nSPS) is 14.5. The van der Waals surface area contributed by atoms with Crippen LogP contribution in [0.2, 0.25) is 5.04 Å². The molecule has 0 aliphatic carbocycles. The molecule has 3 aromatic rings. The molecule has 0 fully saturated rings. The number of benzene rings is 2. The molecule has 1 heterocycles. The molecule has 2 unspecified atom stereocenters. The maximum absolute atomic E-state index is 7.11. The summed E-state index contributed by atoms with van der Waals surface area (Å²) in [6.07, 6.45) is 4.44. The van der Waals surface area contributed by atoms with Crippen LogP contribution in [0, 0.1) is 6.92 Å². The van der Waals surface area contributed by atoms with E-state index in [1.807, 2.05) is 13.0 Å². The lowest BCUT2D eigenvalue weighted by atomic mass is 9.87. The van der Waals surface area contributed by atoms with Crippen LogP contribution in [0.4, 0.5) is 0 Å². The van der Waals surface area contributed by atoms with Gasteiger partial charge in [-0.05, 0) is 51.1 Å². The van der Waals surface area contributed by atoms with Gasteiger partial charge in [0.1, 0.15) is 23.1 Å². The number of halogens is 1. The molecule has 0 saturated heterocycles. The molecule has 39 heavy (non-hydrogen) atoms. The first-order chi connectivity index (χ1) is 18.6. The second kappa shape index (κ2) is 13.4. The molecule has 0 N–H and O–H groups in total. The van der Waals surface area contributed by atoms with E-state index in [9.17, 15) is 0 Å². The van der Waals surface area contributed by atoms with Crippen molar-refractivity contribution in [2.45, 2.75) is 57.3 Å². The molecule has 7 heteroatoms. The van der Waals surface area contributed by atoms with E-state index in [2.05, 4.69) is 109 Å². The topological polar surface area (TPSA) is 49.8 Å². The summed E-state index contributed by atoms with van der Waals surface area (Å²) in [6, 6.07) is 21.4. The van der Waals surface area contributed by atoms with Gasteiger partial charge in [0.05, 0.1) is 7.11 Å². The van der Waals surface area contributed by atoms with E-state index >= 15 is 0 Å². The fourth-order valence-electron chi connectivity index (χ4n) is 5.54. The fraction of sp³-hybridized carbons (Fsp3) is 0.406. The SMILES string of the molecule is C=CC(CCCO[Si](c1ccccc1)(c1ccccc1)C(C)(C)C)(OC)C(OC)c1ncc(Br)c(C)c1OC. The van der Waals surface area contributed by atoms with Gasteiger partial charge in [-0.1, -0.05) is 87.5 Å². The van der Waals surface area contributed by atoms with Gasteiger partial charge in [-0.3, -0.25) is 4.98 Å². The van der Waals surface area contributed by atoms with Gasteiger partial charge in [0, 0.05) is 37.1 Å². The minimum atomic E-state index is -2.63. The van der Waals surface area contributed by atoms with Crippen LogP contribution in [-0.2, 0) is 13.9 Å². The van der Waals surface area contributed by atoms with E-state index in [1.54, 1.807) is 27.5 Å². The van der Waals surface area contributed by atoms with E-state index < -0.39 is 20.0 Å². The maximum Gasteiger partial charge on any atom is 0.261 e. The standard InChI is InChI=1S/C32H42BrNO4Si/c1-9-32(37-8,30(36-7)28-29(35-6)24(2)27(33)23-34-28)21-16-22-38-39(31(3,4)5,25-17-12-10-13-18-25)26-19-14-11-15-20-26/h9-15,17-20,23,30H,1,16,21-22H2,2-8H3. The number of hydrogen-bond acceptors (Lipinski definition) is 5. The Kier molecular flexibility index (Phi) is 10.7. The van der Waals surface area contributed by atoms with Crippen molar-refractivity contribution >= 4 is 34.6 Å². The zero-order valence-corrected chi connectivity index (χ0v) is 26.9. The van der Waals surface area contributed by atoms with Crippen molar-refractivity contribution in [2.75, 3.05) is 27.9 Å². The molecule has 0 radical (unpaired) electrons. The van der Waals surface area contributed by atoms with Crippen molar-refractivity contribution in [1.29, 1.82) is 0 Å². The molecule has 0 aliphatic heterocycles. The molecule has 2 aromatic carbocycles. The lowest BCUT2D eigenvalue weighted by molar-refractivity contribution is -0.0978. The average molecular weight is 613 g/mol. The highest BCUT2D eigenvalue weighted by atomic mass is 79.9. The van der Waals surface area contributed by atoms with Crippen molar-refractivity contribution in [3.05, 3.63) is 95.2 Å². The Bertz CT molecular complexity index is 1180. The van der Waals surface area contributed by atoms with Crippen molar-refractivity contribution in [1.82, 2.24) is 4.98 Å². The van der Waals surface area contributed by atoms with Crippen LogP contribution in [-0.4, -0.2) is 46.8 Å². The Morgan fingerprint density at radius 1 is 0.974 bits per heavy atom. The van der Waals surface area contributed by atoms with E-state index in [1.165, 1.54) is 10.4 Å². The molecule has 0 amide bonds. The van der Waals surface area contributed by atoms with Crippen molar-refractivity contribution in [3.8, 4) is 5.75 Å². The predicted octanol–water partition coefficient (Wildman–Crippen LogP) is 6.78. The predicted molar refractivity (Wildman–Crippen MR) is 166 cm³/mol. The molecule has 5 nitrogen and oxygen atoms in total. The number of methoxy groups -OCH3 is 3. The molecular formula is C32H42BrNO4Si. The molecule has 3 rings (SSSR count). The van der Waals surface area contributed by atoms with E-state index in [-0.39, 0.29) is 5.04 Å². The number of nitrogens with zero attached hydrogens (tertiary/aromatic N) is 1. The number of aromatic nitrogens is 1. The van der Waals surface area contributed by atoms with Gasteiger partial charge >= 0.3 is 0 Å². The average Bonchev–Trinajstić information content (AvgIpc) is 2.94. The van der Waals surface area contributed by atoms with Crippen LogP contribution in [0.3, 0.4) is 0 Å². The molecule has 210 valence electrons. The summed E-state index contributed by atoms with van der Waals surface area (Å²) in [4.78, 5) is 4.67. The van der Waals surface area contributed by atoms with Gasteiger partial charge in [-0.15, -0.1) is 6.58 Å². The Labute approximate surface area is 243 Å². The zero-order chi connectivity index (χ0) is 28.7. The summed E-state index contributed by atoms with van der Waals surface area (Å²) in [6.45, 7) is 13.6. The molecule has 0 saturated carbocycles. The van der Waals surface area contributed by atoms with Crippen molar-refractivity contribution in [3.63, 3.8) is 0 Å². The Hall–Kier alpha value is -2.29. The molecule has 0 spiro atoms. The third-order valence-corrected chi connectivity index (χ3v) is 13.4. The Balaban J connectivity index is 1.94. The highest BCUT2D eigenvalue weighted by Crippen LogP contribution is 2.42. The molecule has 1 aromatic heterocycles. The first-order valence-electron chi connectivity index (χ1n) is 13.3. The fourth-order valence-corrected chi connectivity index (χ4v) is 10.4. The monoisotopic (exact) mass is 611 g/mol. The van der Waals surface area contributed by atoms with Gasteiger partial charge in [0.2, 0.25) is 0 Å². The van der Waals surface area contributed by atoms with Crippen molar-refractivity contribution in [2.24, 2.45) is 0 Å². The first-order valence-corrected chi connectivity index (χ1v) is 16.0. The number of hydrogen-bond donors (Lipinski definition) is 0. The second-order valence-corrected chi connectivity index (χ2v) is 15.9. The lowest BCUT2D eigenvalue weighted by Gasteiger charge is -2.43. The third kappa shape index (κ3) is 6.23. The highest BCUT2D eigenvalue weighted by Gasteiger charge is 2.50. The van der Waals surface area contributed by atoms with Gasteiger partial charge in [0.25, 0.3) is 8.32 Å². The van der Waals surface area contributed by atoms with Crippen LogP contribution in [0.5, 0.6) is 5.75 Å². The van der Waals surface area contributed by atoms with Gasteiger partial charge in [0.15, 0.2) is 0 Å². The van der Waals surface area contributed by atoms with Crippen LogP contribution in [0.15, 0.2) is 84.0 Å². The lowest BCUT2D eigenvalue weighted by Crippen LogP contribution is -2.66. The number of pyridine rings is 1. The summed E-state index contributed by atoms with van der Waals surface area (Å²) in [5.41, 5.74) is 0.799. The van der Waals surface area contributed by atoms with Crippen LogP contribution < -0.4 is 15.1 Å². The van der Waals surface area contributed by atoms with E-state index in [0.717, 1.165) is 16.5 Å². The first kappa shape index (κ1) is 31.2. The van der Waals surface area contributed by atoms with Crippen LogP contribution >= 0.6 is 15.9 Å². The molecule has 0 aliphatic rings. The summed E-state index contributed by atoms with van der Waals surface area (Å²) in [5, 5.41) is 2.44. The molecule has 2 atom stereocenters. The van der Waals surface area contributed by atoms with Gasteiger partial charge < -0.3 is 18.6 Å². The van der Waals surface area contributed by atoms with Crippen molar-refractivity contribution < 1.29 is 18.6 Å². The van der Waals surface area contributed by atoms with Gasteiger partial charge in [-0.2, -0.15) is 0 Å². The minimum Gasteiger partial charge on any atom is -0.494 e. The van der Waals surface area contributed by atoms with Gasteiger partial charge in [-0.25, -0.2) is 0 Å². The second-order valence-electron chi connectivity index (χ2n) is 10.7. The highest BCUT2D eigenvalue weighted by molar-refractivity contribution is 9.10. The summed E-state index contributed by atoms with van der Waals surface area (Å²) in [5.74, 6) is 0.670. The smallest absolute Gasteiger partial charge is 0.261 e. The zero-order valence-electron chi connectivity index (χ0n) is 24.3. The quantitative estimate of drug-likeness (QED) is 0.121. The summed E-state index contributed by atoms with van der Waals surface area (Å²) in [7, 11) is 2.37. The van der Waals surface area contributed by atoms with E-state index in [4.69, 9.17) is 18.6 Å². The number of ether oxygens (including phenoxy) is 3. The maximum atomic E-state index is 7.11. The third-order valence-electron chi connectivity index (χ3n) is 7.55. The molecule has 0 bridgehead atoms. The minimum absolute atomic E-state index is 0.0895. The summed E-state index contributed by atoms with van der Waals surface area (Å²) >= 11 is 3.55. The Morgan fingerprint density at radius 3 is 1.97 bits per heavy atom.